The molecule has 0 unspecified atom stereocenters. The highest BCUT2D eigenvalue weighted by Crippen LogP contribution is 2.16. The van der Waals surface area contributed by atoms with E-state index in [4.69, 9.17) is 0 Å². The smallest absolute Gasteiger partial charge is 0.225 e. The van der Waals surface area contributed by atoms with Crippen LogP contribution in [0.3, 0.4) is 0 Å². The summed E-state index contributed by atoms with van der Waals surface area (Å²) in [6.07, 6.45) is 0.882. The summed E-state index contributed by atoms with van der Waals surface area (Å²) < 4.78 is 0. The van der Waals surface area contributed by atoms with Crippen LogP contribution >= 0.6 is 11.8 Å². The van der Waals surface area contributed by atoms with Gasteiger partial charge in [-0.25, -0.2) is 0 Å². The molecule has 5 heteroatoms. The predicted octanol–water partition coefficient (Wildman–Crippen LogP) is 5.01. The van der Waals surface area contributed by atoms with Crippen LogP contribution in [0.5, 0.6) is 0 Å². The average Bonchev–Trinajstić information content (AvgIpc) is 2.52. The van der Waals surface area contributed by atoms with Crippen LogP contribution in [0.25, 0.3) is 0 Å². The molecule has 0 aromatic heterocycles. The maximum absolute atomic E-state index is 12.0. The molecular formula is C22H28N2O2S. The highest BCUT2D eigenvalue weighted by Gasteiger charge is 2.06. The molecule has 0 spiro atoms. The first-order valence-electron chi connectivity index (χ1n) is 9.16. The Morgan fingerprint density at radius 2 is 1.00 bits per heavy atom. The lowest BCUT2D eigenvalue weighted by Gasteiger charge is -2.08. The lowest BCUT2D eigenvalue weighted by atomic mass is 10.1. The van der Waals surface area contributed by atoms with Crippen LogP contribution < -0.4 is 10.6 Å². The summed E-state index contributed by atoms with van der Waals surface area (Å²) in [6, 6.07) is 12.0. The molecule has 0 aliphatic heterocycles. The molecule has 0 bridgehead atoms. The van der Waals surface area contributed by atoms with E-state index in [-0.39, 0.29) is 11.8 Å². The molecule has 0 heterocycles. The average molecular weight is 385 g/mol. The van der Waals surface area contributed by atoms with Gasteiger partial charge in [-0.1, -0.05) is 12.1 Å². The fourth-order valence-electron chi connectivity index (χ4n) is 2.97. The van der Waals surface area contributed by atoms with Crippen molar-refractivity contribution in [3.8, 4) is 0 Å². The van der Waals surface area contributed by atoms with Gasteiger partial charge in [-0.15, -0.1) is 0 Å². The van der Waals surface area contributed by atoms with Gasteiger partial charge >= 0.3 is 0 Å². The Kier molecular flexibility index (Phi) is 7.92. The van der Waals surface area contributed by atoms with Crippen LogP contribution in [0.15, 0.2) is 36.4 Å². The van der Waals surface area contributed by atoms with Crippen molar-refractivity contribution in [2.75, 3.05) is 22.1 Å². The number of carbonyl (C=O) groups excluding carboxylic acids is 2. The first-order valence-corrected chi connectivity index (χ1v) is 10.3. The lowest BCUT2D eigenvalue weighted by Crippen LogP contribution is -2.14. The SMILES string of the molecule is Cc1cc(C)cc(NC(=O)CCSCCC(=O)Nc2cc(C)cc(C)c2)c1. The number of carbonyl (C=O) groups is 2. The minimum atomic E-state index is 0.00666. The predicted molar refractivity (Wildman–Crippen MR) is 116 cm³/mol. The number of hydrogen-bond acceptors (Lipinski definition) is 3. The number of aryl methyl sites for hydroxylation is 4. The molecule has 0 radical (unpaired) electrons. The van der Waals surface area contributed by atoms with E-state index < -0.39 is 0 Å². The van der Waals surface area contributed by atoms with E-state index in [2.05, 4.69) is 22.8 Å². The number of amides is 2. The molecule has 0 atom stereocenters. The van der Waals surface area contributed by atoms with Gasteiger partial charge in [0.1, 0.15) is 0 Å². The summed E-state index contributed by atoms with van der Waals surface area (Å²) in [5.41, 5.74) is 6.22. The minimum absolute atomic E-state index is 0.00666. The van der Waals surface area contributed by atoms with Crippen molar-refractivity contribution >= 4 is 35.0 Å². The first-order chi connectivity index (χ1) is 12.8. The van der Waals surface area contributed by atoms with Gasteiger partial charge in [0.25, 0.3) is 0 Å². The highest BCUT2D eigenvalue weighted by atomic mass is 32.2. The third kappa shape index (κ3) is 7.87. The van der Waals surface area contributed by atoms with Crippen molar-refractivity contribution in [3.63, 3.8) is 0 Å². The molecular weight excluding hydrogens is 356 g/mol. The molecule has 2 rings (SSSR count). The molecule has 2 N–H and O–H groups in total. The zero-order valence-corrected chi connectivity index (χ0v) is 17.3. The second-order valence-corrected chi connectivity index (χ2v) is 8.19. The van der Waals surface area contributed by atoms with Crippen molar-refractivity contribution in [2.45, 2.75) is 40.5 Å². The molecule has 2 aromatic rings. The normalized spacial score (nSPS) is 10.5. The maximum Gasteiger partial charge on any atom is 0.225 e. The topological polar surface area (TPSA) is 58.2 Å². The molecule has 27 heavy (non-hydrogen) atoms. The maximum atomic E-state index is 12.0. The number of nitrogens with one attached hydrogen (secondary N) is 2. The van der Waals surface area contributed by atoms with Gasteiger partial charge in [0.05, 0.1) is 0 Å². The summed E-state index contributed by atoms with van der Waals surface area (Å²) in [6.45, 7) is 8.06. The fourth-order valence-corrected chi connectivity index (χ4v) is 3.84. The summed E-state index contributed by atoms with van der Waals surface area (Å²) in [5.74, 6) is 1.42. The second kappa shape index (κ2) is 10.2. The van der Waals surface area contributed by atoms with Crippen LogP contribution in [0.4, 0.5) is 11.4 Å². The molecule has 2 aromatic carbocycles. The van der Waals surface area contributed by atoms with E-state index in [0.717, 1.165) is 33.6 Å². The van der Waals surface area contributed by atoms with E-state index in [0.29, 0.717) is 24.3 Å². The summed E-state index contributed by atoms with van der Waals surface area (Å²) >= 11 is 1.62. The zero-order chi connectivity index (χ0) is 19.8. The Balaban J connectivity index is 1.64. The summed E-state index contributed by atoms with van der Waals surface area (Å²) in [5, 5.41) is 5.87. The largest absolute Gasteiger partial charge is 0.326 e. The lowest BCUT2D eigenvalue weighted by molar-refractivity contribution is -0.116. The van der Waals surface area contributed by atoms with Gasteiger partial charge in [0.2, 0.25) is 11.8 Å². The number of hydrogen-bond donors (Lipinski definition) is 2. The molecule has 0 aliphatic carbocycles. The minimum Gasteiger partial charge on any atom is -0.326 e. The molecule has 144 valence electrons. The standard InChI is InChI=1S/C22H28N2O2S/c1-15-9-16(2)12-19(11-15)23-21(25)5-7-27-8-6-22(26)24-20-13-17(3)10-18(4)14-20/h9-14H,5-8H2,1-4H3,(H,23,25)(H,24,26). The summed E-state index contributed by atoms with van der Waals surface area (Å²) in [7, 11) is 0. The van der Waals surface area contributed by atoms with Crippen LogP contribution in [0.2, 0.25) is 0 Å². The van der Waals surface area contributed by atoms with E-state index in [1.54, 1.807) is 11.8 Å². The quantitative estimate of drug-likeness (QED) is 0.629. The Labute approximate surface area is 166 Å². The van der Waals surface area contributed by atoms with Crippen LogP contribution in [-0.2, 0) is 9.59 Å². The molecule has 2 amide bonds. The molecule has 0 fully saturated rings. The first kappa shape index (κ1) is 21.0. The van der Waals surface area contributed by atoms with Crippen LogP contribution in [0.1, 0.15) is 35.1 Å². The van der Waals surface area contributed by atoms with Gasteiger partial charge in [0, 0.05) is 35.7 Å². The number of anilines is 2. The van der Waals surface area contributed by atoms with Gasteiger partial charge in [-0.05, 0) is 74.2 Å². The molecule has 0 saturated carbocycles. The van der Waals surface area contributed by atoms with Crippen molar-refractivity contribution in [3.05, 3.63) is 58.7 Å². The number of benzene rings is 2. The fraction of sp³-hybridized carbons (Fsp3) is 0.364. The van der Waals surface area contributed by atoms with Crippen molar-refractivity contribution < 1.29 is 9.59 Å². The number of thioether (sulfide) groups is 1. The van der Waals surface area contributed by atoms with E-state index in [9.17, 15) is 9.59 Å². The van der Waals surface area contributed by atoms with Crippen LogP contribution in [0, 0.1) is 27.7 Å². The molecule has 0 aliphatic rings. The van der Waals surface area contributed by atoms with Gasteiger partial charge in [-0.3, -0.25) is 9.59 Å². The third-order valence-electron chi connectivity index (χ3n) is 3.96. The van der Waals surface area contributed by atoms with Gasteiger partial charge in [0.15, 0.2) is 0 Å². The van der Waals surface area contributed by atoms with Gasteiger partial charge in [-0.2, -0.15) is 11.8 Å². The Morgan fingerprint density at radius 3 is 1.33 bits per heavy atom. The van der Waals surface area contributed by atoms with E-state index >= 15 is 0 Å². The van der Waals surface area contributed by atoms with Gasteiger partial charge < -0.3 is 10.6 Å². The Bertz CT molecular complexity index is 710. The zero-order valence-electron chi connectivity index (χ0n) is 16.5. The molecule has 0 saturated heterocycles. The van der Waals surface area contributed by atoms with Crippen molar-refractivity contribution in [1.29, 1.82) is 0 Å². The van der Waals surface area contributed by atoms with Crippen LogP contribution in [-0.4, -0.2) is 23.3 Å². The summed E-state index contributed by atoms with van der Waals surface area (Å²) in [4.78, 5) is 24.1. The van der Waals surface area contributed by atoms with Crippen molar-refractivity contribution in [2.24, 2.45) is 0 Å². The van der Waals surface area contributed by atoms with E-state index in [1.165, 1.54) is 0 Å². The van der Waals surface area contributed by atoms with E-state index in [1.807, 2.05) is 52.0 Å². The van der Waals surface area contributed by atoms with Crippen molar-refractivity contribution in [1.82, 2.24) is 0 Å². The Morgan fingerprint density at radius 1 is 0.667 bits per heavy atom. The third-order valence-corrected chi connectivity index (χ3v) is 4.94. The highest BCUT2D eigenvalue weighted by molar-refractivity contribution is 7.99. The second-order valence-electron chi connectivity index (χ2n) is 6.96. The number of rotatable bonds is 8. The Hall–Kier alpha value is -2.27. The monoisotopic (exact) mass is 384 g/mol. The molecule has 4 nitrogen and oxygen atoms in total.